The zero-order valence-corrected chi connectivity index (χ0v) is 18.1. The van der Waals surface area contributed by atoms with Gasteiger partial charge in [0.15, 0.2) is 0 Å². The molecule has 1 fully saturated rings. The minimum Gasteiger partial charge on any atom is -0.358 e. The molecule has 1 N–H and O–H groups in total. The number of halogens is 1. The number of para-hydroxylation sites is 1. The van der Waals surface area contributed by atoms with Gasteiger partial charge in [-0.15, -0.1) is 0 Å². The molecule has 1 aliphatic heterocycles. The van der Waals surface area contributed by atoms with Crippen molar-refractivity contribution in [1.29, 1.82) is 0 Å². The standard InChI is InChI=1S/C22H24BrN5O/c1-14-5-6-19-18(11-14)16-3-2-4-17(20(16)26-19)21(29)27-7-9-28(10-8-27)22-24-12-15(23)13-25-22/h2-4,12-14,26H,5-11H2,1H3. The molecule has 2 aromatic heterocycles. The number of fused-ring (bicyclic) bond motifs is 3. The summed E-state index contributed by atoms with van der Waals surface area (Å²) in [6.07, 6.45) is 6.90. The van der Waals surface area contributed by atoms with E-state index in [9.17, 15) is 4.79 Å². The molecular weight excluding hydrogens is 430 g/mol. The predicted molar refractivity (Wildman–Crippen MR) is 117 cm³/mol. The highest BCUT2D eigenvalue weighted by atomic mass is 79.9. The third kappa shape index (κ3) is 3.41. The Morgan fingerprint density at radius 1 is 1.17 bits per heavy atom. The number of amides is 1. The summed E-state index contributed by atoms with van der Waals surface area (Å²) in [7, 11) is 0. The Morgan fingerprint density at radius 3 is 2.69 bits per heavy atom. The number of carbonyl (C=O) groups excluding carboxylic acids is 1. The Labute approximate surface area is 178 Å². The van der Waals surface area contributed by atoms with Crippen molar-refractivity contribution in [3.8, 4) is 0 Å². The number of nitrogens with zero attached hydrogens (tertiary/aromatic N) is 4. The quantitative estimate of drug-likeness (QED) is 0.640. The van der Waals surface area contributed by atoms with Gasteiger partial charge >= 0.3 is 0 Å². The van der Waals surface area contributed by atoms with Gasteiger partial charge in [-0.3, -0.25) is 4.79 Å². The first-order valence-electron chi connectivity index (χ1n) is 10.2. The van der Waals surface area contributed by atoms with Gasteiger partial charge in [-0.1, -0.05) is 19.1 Å². The van der Waals surface area contributed by atoms with Crippen LogP contribution in [0.25, 0.3) is 10.9 Å². The van der Waals surface area contributed by atoms with Crippen LogP contribution in [0, 0.1) is 5.92 Å². The van der Waals surface area contributed by atoms with E-state index in [1.54, 1.807) is 12.4 Å². The van der Waals surface area contributed by atoms with E-state index >= 15 is 0 Å². The van der Waals surface area contributed by atoms with Gasteiger partial charge in [0, 0.05) is 49.7 Å². The molecule has 0 saturated carbocycles. The van der Waals surface area contributed by atoms with E-state index in [0.29, 0.717) is 25.0 Å². The van der Waals surface area contributed by atoms with Crippen LogP contribution in [0.3, 0.4) is 0 Å². The Morgan fingerprint density at radius 2 is 1.93 bits per heavy atom. The number of aromatic amines is 1. The maximum Gasteiger partial charge on any atom is 0.256 e. The van der Waals surface area contributed by atoms with Crippen molar-refractivity contribution >= 4 is 38.7 Å². The van der Waals surface area contributed by atoms with Crippen molar-refractivity contribution in [2.45, 2.75) is 26.2 Å². The lowest BCUT2D eigenvalue weighted by atomic mass is 9.87. The highest BCUT2D eigenvalue weighted by molar-refractivity contribution is 9.10. The zero-order chi connectivity index (χ0) is 20.0. The van der Waals surface area contributed by atoms with Gasteiger partial charge in [0.1, 0.15) is 0 Å². The molecule has 1 aliphatic carbocycles. The van der Waals surface area contributed by atoms with Crippen molar-refractivity contribution in [1.82, 2.24) is 19.9 Å². The number of benzene rings is 1. The first-order chi connectivity index (χ1) is 14.1. The molecule has 3 heterocycles. The van der Waals surface area contributed by atoms with Gasteiger partial charge in [-0.05, 0) is 52.7 Å². The number of carbonyl (C=O) groups is 1. The first-order valence-corrected chi connectivity index (χ1v) is 11.0. The van der Waals surface area contributed by atoms with Crippen LogP contribution in [0.2, 0.25) is 0 Å². The lowest BCUT2D eigenvalue weighted by Gasteiger charge is -2.34. The van der Waals surface area contributed by atoms with Crippen molar-refractivity contribution in [3.05, 3.63) is 51.9 Å². The number of hydrogen-bond donors (Lipinski definition) is 1. The van der Waals surface area contributed by atoms with E-state index in [1.807, 2.05) is 17.0 Å². The molecule has 1 atom stereocenters. The summed E-state index contributed by atoms with van der Waals surface area (Å²) in [4.78, 5) is 29.7. The smallest absolute Gasteiger partial charge is 0.256 e. The monoisotopic (exact) mass is 453 g/mol. The van der Waals surface area contributed by atoms with E-state index in [2.05, 4.69) is 48.8 Å². The summed E-state index contributed by atoms with van der Waals surface area (Å²) in [5.74, 6) is 1.53. The van der Waals surface area contributed by atoms with Crippen molar-refractivity contribution in [3.63, 3.8) is 0 Å². The molecule has 150 valence electrons. The number of aromatic nitrogens is 3. The van der Waals surface area contributed by atoms with E-state index in [1.165, 1.54) is 23.1 Å². The Balaban J connectivity index is 1.36. The summed E-state index contributed by atoms with van der Waals surface area (Å²) < 4.78 is 0.867. The van der Waals surface area contributed by atoms with Gasteiger partial charge in [0.05, 0.1) is 15.6 Å². The second-order valence-corrected chi connectivity index (χ2v) is 9.05. The van der Waals surface area contributed by atoms with Crippen LogP contribution >= 0.6 is 15.9 Å². The Bertz CT molecular complexity index is 1050. The first kappa shape index (κ1) is 18.6. The molecule has 0 spiro atoms. The molecule has 2 aliphatic rings. The summed E-state index contributed by atoms with van der Waals surface area (Å²) in [5, 5.41) is 1.22. The fraction of sp³-hybridized carbons (Fsp3) is 0.409. The second-order valence-electron chi connectivity index (χ2n) is 8.14. The van der Waals surface area contributed by atoms with Gasteiger partial charge in [-0.2, -0.15) is 0 Å². The van der Waals surface area contributed by atoms with Crippen molar-refractivity contribution in [2.75, 3.05) is 31.1 Å². The van der Waals surface area contributed by atoms with E-state index in [0.717, 1.165) is 41.5 Å². The fourth-order valence-corrected chi connectivity index (χ4v) is 4.75. The average molecular weight is 454 g/mol. The van der Waals surface area contributed by atoms with Gasteiger partial charge in [-0.25, -0.2) is 9.97 Å². The fourth-order valence-electron chi connectivity index (χ4n) is 4.54. The number of piperazine rings is 1. The topological polar surface area (TPSA) is 65.1 Å². The zero-order valence-electron chi connectivity index (χ0n) is 16.5. The number of nitrogens with one attached hydrogen (secondary N) is 1. The normalized spacial score (nSPS) is 19.4. The molecule has 1 amide bonds. The van der Waals surface area contributed by atoms with E-state index in [4.69, 9.17) is 0 Å². The molecule has 1 saturated heterocycles. The summed E-state index contributed by atoms with van der Waals surface area (Å²) in [6.45, 7) is 5.13. The molecule has 6 nitrogen and oxygen atoms in total. The van der Waals surface area contributed by atoms with Crippen LogP contribution < -0.4 is 4.90 Å². The largest absolute Gasteiger partial charge is 0.358 e. The van der Waals surface area contributed by atoms with Crippen LogP contribution in [-0.4, -0.2) is 51.9 Å². The number of rotatable bonds is 2. The number of aryl methyl sites for hydroxylation is 1. The molecule has 7 heteroatoms. The molecule has 29 heavy (non-hydrogen) atoms. The maximum atomic E-state index is 13.3. The SMILES string of the molecule is CC1CCc2[nH]c3c(C(=O)N4CCN(c5ncc(Br)cn5)CC4)cccc3c2C1. The predicted octanol–water partition coefficient (Wildman–Crippen LogP) is 3.81. The van der Waals surface area contributed by atoms with Crippen LogP contribution in [0.15, 0.2) is 35.1 Å². The summed E-state index contributed by atoms with van der Waals surface area (Å²) >= 11 is 3.37. The van der Waals surface area contributed by atoms with Crippen molar-refractivity contribution in [2.24, 2.45) is 5.92 Å². The molecule has 3 aromatic rings. The van der Waals surface area contributed by atoms with E-state index < -0.39 is 0 Å². The Kier molecular flexibility index (Phi) is 4.78. The number of anilines is 1. The van der Waals surface area contributed by atoms with Crippen LogP contribution in [0.4, 0.5) is 5.95 Å². The van der Waals surface area contributed by atoms with Gasteiger partial charge in [0.25, 0.3) is 5.91 Å². The summed E-state index contributed by atoms with van der Waals surface area (Å²) in [6, 6.07) is 6.14. The lowest BCUT2D eigenvalue weighted by Crippen LogP contribution is -2.49. The van der Waals surface area contributed by atoms with Crippen LogP contribution in [0.1, 0.15) is 35.0 Å². The van der Waals surface area contributed by atoms with Crippen molar-refractivity contribution < 1.29 is 4.79 Å². The molecule has 0 bridgehead atoms. The third-order valence-corrected chi connectivity index (χ3v) is 6.57. The highest BCUT2D eigenvalue weighted by Crippen LogP contribution is 2.33. The highest BCUT2D eigenvalue weighted by Gasteiger charge is 2.27. The molecular formula is C22H24BrN5O. The van der Waals surface area contributed by atoms with Crippen LogP contribution in [-0.2, 0) is 12.8 Å². The third-order valence-electron chi connectivity index (χ3n) is 6.16. The van der Waals surface area contributed by atoms with E-state index in [-0.39, 0.29) is 5.91 Å². The van der Waals surface area contributed by atoms with Gasteiger partial charge in [0.2, 0.25) is 5.95 Å². The second kappa shape index (κ2) is 7.44. The minimum atomic E-state index is 0.110. The summed E-state index contributed by atoms with van der Waals surface area (Å²) in [5.41, 5.74) is 4.52. The number of H-pyrrole nitrogens is 1. The lowest BCUT2D eigenvalue weighted by molar-refractivity contribution is 0.0748. The van der Waals surface area contributed by atoms with Crippen LogP contribution in [0.5, 0.6) is 0 Å². The molecule has 5 rings (SSSR count). The molecule has 1 aromatic carbocycles. The molecule has 0 radical (unpaired) electrons. The maximum absolute atomic E-state index is 13.3. The Hall–Kier alpha value is -2.41. The number of hydrogen-bond acceptors (Lipinski definition) is 4. The minimum absolute atomic E-state index is 0.110. The average Bonchev–Trinajstić information content (AvgIpc) is 3.12. The van der Waals surface area contributed by atoms with Gasteiger partial charge < -0.3 is 14.8 Å². The molecule has 1 unspecified atom stereocenters.